The predicted molar refractivity (Wildman–Crippen MR) is 95.2 cm³/mol. The van der Waals surface area contributed by atoms with Gasteiger partial charge in [-0.1, -0.05) is 17.7 Å². The summed E-state index contributed by atoms with van der Waals surface area (Å²) in [6.07, 6.45) is 1.60. The summed E-state index contributed by atoms with van der Waals surface area (Å²) in [4.78, 5) is 16.3. The van der Waals surface area contributed by atoms with Gasteiger partial charge in [0.2, 0.25) is 5.91 Å². The minimum atomic E-state index is -3.48. The van der Waals surface area contributed by atoms with E-state index in [0.717, 1.165) is 5.56 Å². The molecule has 0 fully saturated rings. The molecule has 1 N–H and O–H groups in total. The smallest absolute Gasteiger partial charge is 0.228 e. The Kier molecular flexibility index (Phi) is 5.38. The zero-order valence-corrected chi connectivity index (χ0v) is 15.5. The standard InChI is InChI=1S/C15H16N6O3S2/c1-11-2-4-13(5-3-11)26(23,24)9-12-8-25-15(17-12)18-14(22)6-7-21-10-16-19-20-21/h2-5,8,10H,6-7,9H2,1H3,(H,17,18,22). The summed E-state index contributed by atoms with van der Waals surface area (Å²) < 4.78 is 26.3. The van der Waals surface area contributed by atoms with Crippen molar-refractivity contribution in [2.75, 3.05) is 5.32 Å². The number of sulfone groups is 1. The average Bonchev–Trinajstić information content (AvgIpc) is 3.25. The number of hydrogen-bond acceptors (Lipinski definition) is 8. The minimum absolute atomic E-state index is 0.182. The van der Waals surface area contributed by atoms with Crippen molar-refractivity contribution in [3.8, 4) is 0 Å². The van der Waals surface area contributed by atoms with Gasteiger partial charge in [-0.05, 0) is 29.5 Å². The van der Waals surface area contributed by atoms with Crippen LogP contribution < -0.4 is 5.32 Å². The number of nitrogens with zero attached hydrogens (tertiary/aromatic N) is 5. The van der Waals surface area contributed by atoms with Gasteiger partial charge in [0, 0.05) is 11.8 Å². The van der Waals surface area contributed by atoms with Crippen LogP contribution in [-0.4, -0.2) is 39.5 Å². The Morgan fingerprint density at radius 1 is 1.27 bits per heavy atom. The van der Waals surface area contributed by atoms with Crippen molar-refractivity contribution in [3.63, 3.8) is 0 Å². The third kappa shape index (κ3) is 4.70. The number of carbonyl (C=O) groups excluding carboxylic acids is 1. The molecule has 0 aliphatic rings. The first-order valence-electron chi connectivity index (χ1n) is 7.67. The first kappa shape index (κ1) is 18.1. The van der Waals surface area contributed by atoms with Gasteiger partial charge < -0.3 is 5.32 Å². The van der Waals surface area contributed by atoms with Gasteiger partial charge in [0.15, 0.2) is 15.0 Å². The Morgan fingerprint density at radius 3 is 2.73 bits per heavy atom. The highest BCUT2D eigenvalue weighted by Crippen LogP contribution is 2.21. The van der Waals surface area contributed by atoms with E-state index in [0.29, 0.717) is 17.4 Å². The molecular weight excluding hydrogens is 376 g/mol. The van der Waals surface area contributed by atoms with E-state index in [1.165, 1.54) is 22.3 Å². The number of carbonyl (C=O) groups is 1. The van der Waals surface area contributed by atoms with Crippen LogP contribution >= 0.6 is 11.3 Å². The molecule has 0 bridgehead atoms. The number of anilines is 1. The molecule has 3 rings (SSSR count). The molecule has 11 heteroatoms. The van der Waals surface area contributed by atoms with Gasteiger partial charge in [0.1, 0.15) is 6.33 Å². The van der Waals surface area contributed by atoms with E-state index in [1.54, 1.807) is 29.6 Å². The molecule has 0 saturated carbocycles. The monoisotopic (exact) mass is 392 g/mol. The highest BCUT2D eigenvalue weighted by molar-refractivity contribution is 7.90. The number of hydrogen-bond donors (Lipinski definition) is 1. The lowest BCUT2D eigenvalue weighted by atomic mass is 10.2. The van der Waals surface area contributed by atoms with E-state index in [1.807, 2.05) is 6.92 Å². The molecule has 26 heavy (non-hydrogen) atoms. The number of thiazole rings is 1. The largest absolute Gasteiger partial charge is 0.302 e. The molecule has 0 unspecified atom stereocenters. The molecule has 9 nitrogen and oxygen atoms in total. The molecule has 1 amide bonds. The second-order valence-electron chi connectivity index (χ2n) is 5.59. The third-order valence-corrected chi connectivity index (χ3v) is 5.95. The van der Waals surface area contributed by atoms with E-state index in [4.69, 9.17) is 0 Å². The number of rotatable bonds is 7. The van der Waals surface area contributed by atoms with Gasteiger partial charge in [0.25, 0.3) is 0 Å². The summed E-state index contributed by atoms with van der Waals surface area (Å²) in [5.74, 6) is -0.463. The lowest BCUT2D eigenvalue weighted by Crippen LogP contribution is -2.15. The first-order chi connectivity index (χ1) is 12.4. The maximum absolute atomic E-state index is 12.4. The summed E-state index contributed by atoms with van der Waals surface area (Å²) >= 11 is 1.18. The molecule has 1 aromatic carbocycles. The van der Waals surface area contributed by atoms with Crippen LogP contribution in [0.25, 0.3) is 0 Å². The highest BCUT2D eigenvalue weighted by Gasteiger charge is 2.17. The van der Waals surface area contributed by atoms with Crippen LogP contribution in [0.1, 0.15) is 17.7 Å². The normalized spacial score (nSPS) is 11.4. The number of tetrazole rings is 1. The summed E-state index contributed by atoms with van der Waals surface area (Å²) in [6.45, 7) is 2.24. The summed E-state index contributed by atoms with van der Waals surface area (Å²) in [7, 11) is -3.48. The number of nitrogens with one attached hydrogen (secondary N) is 1. The van der Waals surface area contributed by atoms with Gasteiger partial charge in [-0.2, -0.15) is 0 Å². The molecule has 0 spiro atoms. The van der Waals surface area contributed by atoms with E-state index < -0.39 is 9.84 Å². The summed E-state index contributed by atoms with van der Waals surface area (Å²) in [5.41, 5.74) is 1.38. The molecule has 0 aliphatic carbocycles. The molecule has 0 radical (unpaired) electrons. The van der Waals surface area contributed by atoms with Gasteiger partial charge in [-0.3, -0.25) is 4.79 Å². The second kappa shape index (κ2) is 7.70. The average molecular weight is 392 g/mol. The number of aryl methyl sites for hydroxylation is 2. The quantitative estimate of drug-likeness (QED) is 0.646. The zero-order valence-electron chi connectivity index (χ0n) is 13.9. The summed E-state index contributed by atoms with van der Waals surface area (Å²) in [6, 6.07) is 6.67. The van der Waals surface area contributed by atoms with Crippen molar-refractivity contribution >= 4 is 32.2 Å². The maximum Gasteiger partial charge on any atom is 0.228 e. The van der Waals surface area contributed by atoms with Crippen LogP contribution in [0.3, 0.4) is 0 Å². The second-order valence-corrected chi connectivity index (χ2v) is 8.43. The van der Waals surface area contributed by atoms with Gasteiger partial charge >= 0.3 is 0 Å². The van der Waals surface area contributed by atoms with Crippen LogP contribution in [0.5, 0.6) is 0 Å². The zero-order chi connectivity index (χ0) is 18.6. The van der Waals surface area contributed by atoms with E-state index >= 15 is 0 Å². The Bertz CT molecular complexity index is 981. The lowest BCUT2D eigenvalue weighted by Gasteiger charge is -2.03. The van der Waals surface area contributed by atoms with E-state index in [2.05, 4.69) is 25.8 Å². The molecule has 0 atom stereocenters. The first-order valence-corrected chi connectivity index (χ1v) is 10.2. The van der Waals surface area contributed by atoms with Crippen LogP contribution in [0, 0.1) is 6.92 Å². The maximum atomic E-state index is 12.4. The fourth-order valence-corrected chi connectivity index (χ4v) is 4.22. The molecular formula is C15H16N6O3S2. The van der Waals surface area contributed by atoms with Gasteiger partial charge in [0.05, 0.1) is 22.9 Å². The molecule has 0 aliphatic heterocycles. The molecule has 2 heterocycles. The van der Waals surface area contributed by atoms with Gasteiger partial charge in [-0.25, -0.2) is 18.1 Å². The SMILES string of the molecule is Cc1ccc(S(=O)(=O)Cc2csc(NC(=O)CCn3cnnn3)n2)cc1. The highest BCUT2D eigenvalue weighted by atomic mass is 32.2. The van der Waals surface area contributed by atoms with Gasteiger partial charge in [-0.15, -0.1) is 16.4 Å². The van der Waals surface area contributed by atoms with Crippen LogP contribution in [0.15, 0.2) is 40.9 Å². The predicted octanol–water partition coefficient (Wildman–Crippen LogP) is 1.44. The van der Waals surface area contributed by atoms with Crippen molar-refractivity contribution in [1.82, 2.24) is 25.2 Å². The Morgan fingerprint density at radius 2 is 2.04 bits per heavy atom. The van der Waals surface area contributed by atoms with Crippen LogP contribution in [0.4, 0.5) is 5.13 Å². The number of aromatic nitrogens is 5. The van der Waals surface area contributed by atoms with Crippen LogP contribution in [-0.2, 0) is 26.9 Å². The van der Waals surface area contributed by atoms with Crippen molar-refractivity contribution < 1.29 is 13.2 Å². The topological polar surface area (TPSA) is 120 Å². The molecule has 0 saturated heterocycles. The molecule has 136 valence electrons. The Labute approximate surface area is 154 Å². The fourth-order valence-electron chi connectivity index (χ4n) is 2.13. The third-order valence-electron chi connectivity index (χ3n) is 3.48. The minimum Gasteiger partial charge on any atom is -0.302 e. The van der Waals surface area contributed by atoms with E-state index in [9.17, 15) is 13.2 Å². The van der Waals surface area contributed by atoms with Crippen molar-refractivity contribution in [3.05, 3.63) is 47.2 Å². The lowest BCUT2D eigenvalue weighted by molar-refractivity contribution is -0.116. The number of amides is 1. The van der Waals surface area contributed by atoms with Crippen LogP contribution in [0.2, 0.25) is 0 Å². The van der Waals surface area contributed by atoms with Crippen molar-refractivity contribution in [1.29, 1.82) is 0 Å². The van der Waals surface area contributed by atoms with Crippen molar-refractivity contribution in [2.24, 2.45) is 0 Å². The number of benzene rings is 1. The fraction of sp³-hybridized carbons (Fsp3) is 0.267. The Hall–Kier alpha value is -2.66. The van der Waals surface area contributed by atoms with E-state index in [-0.39, 0.29) is 23.0 Å². The molecule has 3 aromatic rings. The van der Waals surface area contributed by atoms with Crippen molar-refractivity contribution in [2.45, 2.75) is 30.5 Å². The summed E-state index contributed by atoms with van der Waals surface area (Å²) in [5, 5.41) is 15.3. The molecule has 2 aromatic heterocycles. The Balaban J connectivity index is 1.58.